The van der Waals surface area contributed by atoms with Gasteiger partial charge in [0.1, 0.15) is 30.2 Å². The van der Waals surface area contributed by atoms with Crippen molar-refractivity contribution in [3.63, 3.8) is 0 Å². The van der Waals surface area contributed by atoms with Gasteiger partial charge in [0.15, 0.2) is 11.9 Å². The Hall–Kier alpha value is -2.59. The zero-order valence-electron chi connectivity index (χ0n) is 14.9. The molecular formula is C13H19N4O12P. The molecule has 5 atom stereocenters. The largest absolute Gasteiger partial charge is 0.481 e. The molecule has 1 amide bonds. The number of aliphatic carboxylic acids is 2. The number of hydrogen-bond donors (Lipinski definition) is 8. The van der Waals surface area contributed by atoms with Gasteiger partial charge in [-0.15, -0.1) is 0 Å². The van der Waals surface area contributed by atoms with Crippen LogP contribution in [-0.4, -0.2) is 88.6 Å². The van der Waals surface area contributed by atoms with Gasteiger partial charge in [0, 0.05) is 0 Å². The van der Waals surface area contributed by atoms with Gasteiger partial charge < -0.3 is 46.0 Å². The summed E-state index contributed by atoms with van der Waals surface area (Å²) in [7, 11) is -4.87. The summed E-state index contributed by atoms with van der Waals surface area (Å²) in [6.07, 6.45) is -6.03. The molecule has 16 nitrogen and oxygen atoms in total. The van der Waals surface area contributed by atoms with Crippen molar-refractivity contribution in [2.75, 3.05) is 12.3 Å². The first kappa shape index (κ1) is 23.7. The number of imidazole rings is 1. The molecule has 30 heavy (non-hydrogen) atoms. The highest BCUT2D eigenvalue weighted by molar-refractivity contribution is 7.46. The zero-order chi connectivity index (χ0) is 22.8. The van der Waals surface area contributed by atoms with E-state index in [1.54, 1.807) is 0 Å². The average molecular weight is 454 g/mol. The van der Waals surface area contributed by atoms with Crippen LogP contribution in [0.15, 0.2) is 6.33 Å². The number of carbonyl (C=O) groups excluding carboxylic acids is 1. The number of carbonyl (C=O) groups is 3. The number of carboxylic acid groups (broad SMARTS) is 2. The fourth-order valence-corrected chi connectivity index (χ4v) is 2.96. The first-order valence-electron chi connectivity index (χ1n) is 8.11. The summed E-state index contributed by atoms with van der Waals surface area (Å²) in [5, 5.41) is 39.7. The molecule has 0 bridgehead atoms. The van der Waals surface area contributed by atoms with Gasteiger partial charge in [-0.1, -0.05) is 0 Å². The number of nitrogens with one attached hydrogen (secondary N) is 1. The number of ether oxygens (including phenoxy) is 1. The molecule has 17 heteroatoms. The van der Waals surface area contributed by atoms with Gasteiger partial charge in [-0.25, -0.2) is 14.3 Å². The fourth-order valence-electron chi connectivity index (χ4n) is 2.62. The Bertz CT molecular complexity index is 868. The van der Waals surface area contributed by atoms with Gasteiger partial charge in [-0.3, -0.25) is 18.7 Å². The van der Waals surface area contributed by atoms with Crippen LogP contribution in [0.4, 0.5) is 5.82 Å². The highest BCUT2D eigenvalue weighted by atomic mass is 31.2. The Labute approximate surface area is 167 Å². The summed E-state index contributed by atoms with van der Waals surface area (Å²) in [6.45, 7) is -0.767. The highest BCUT2D eigenvalue weighted by Gasteiger charge is 2.45. The van der Waals surface area contributed by atoms with Crippen LogP contribution < -0.4 is 11.1 Å². The lowest BCUT2D eigenvalue weighted by Crippen LogP contribution is -2.42. The number of phosphoric acid groups is 1. The highest BCUT2D eigenvalue weighted by Crippen LogP contribution is 2.38. The zero-order valence-corrected chi connectivity index (χ0v) is 15.8. The summed E-state index contributed by atoms with van der Waals surface area (Å²) >= 11 is 0. The SMILES string of the molecule is Nc1c(C(=O)N[C@@H](CC(=O)O)C(=O)O)ncn1[C@@H]1O[C@H](COP(=O)(O)O)[C@@H](O)[C@@H]1O. The number of nitrogen functional groups attached to an aromatic ring is 1. The number of amides is 1. The topological polar surface area (TPSA) is 264 Å². The number of nitrogens with two attached hydrogens (primary N) is 1. The molecule has 168 valence electrons. The number of aromatic nitrogens is 2. The summed E-state index contributed by atoms with van der Waals surface area (Å²) in [4.78, 5) is 55.1. The maximum absolute atomic E-state index is 12.2. The number of rotatable bonds is 9. The van der Waals surface area contributed by atoms with Crippen molar-refractivity contribution in [1.29, 1.82) is 0 Å². The maximum atomic E-state index is 12.2. The summed E-state index contributed by atoms with van der Waals surface area (Å²) in [6, 6.07) is -1.76. The molecule has 1 aromatic rings. The monoisotopic (exact) mass is 454 g/mol. The van der Waals surface area contributed by atoms with Crippen molar-refractivity contribution in [2.24, 2.45) is 0 Å². The normalized spacial score (nSPS) is 25.1. The van der Waals surface area contributed by atoms with E-state index >= 15 is 0 Å². The van der Waals surface area contributed by atoms with E-state index in [1.165, 1.54) is 0 Å². The van der Waals surface area contributed by atoms with Crippen molar-refractivity contribution in [1.82, 2.24) is 14.9 Å². The molecule has 1 aromatic heterocycles. The molecule has 1 aliphatic rings. The third-order valence-corrected chi connectivity index (χ3v) is 4.53. The van der Waals surface area contributed by atoms with Crippen molar-refractivity contribution >= 4 is 31.5 Å². The van der Waals surface area contributed by atoms with Crippen LogP contribution in [0.5, 0.6) is 0 Å². The average Bonchev–Trinajstić information content (AvgIpc) is 3.12. The predicted molar refractivity (Wildman–Crippen MR) is 91.7 cm³/mol. The van der Waals surface area contributed by atoms with E-state index < -0.39 is 80.8 Å². The van der Waals surface area contributed by atoms with Crippen LogP contribution in [0.2, 0.25) is 0 Å². The molecule has 2 rings (SSSR count). The van der Waals surface area contributed by atoms with Crippen molar-refractivity contribution in [3.8, 4) is 0 Å². The molecule has 0 saturated carbocycles. The molecule has 0 unspecified atom stereocenters. The molecule has 2 heterocycles. The standard InChI is InChI=1S/C13H19N4O12P/c14-10-7(11(22)16-4(13(23)24)1-6(18)19)15-3-17(10)12-9(21)8(20)5(29-12)2-28-30(25,26)27/h3-5,8-9,12,20-21H,1-2,14H2,(H,16,22)(H,18,19)(H,23,24)(H2,25,26,27)/t4-,5+,8+,9-,12+/m0/s1. The van der Waals surface area contributed by atoms with Gasteiger partial charge in [-0.05, 0) is 0 Å². The quantitative estimate of drug-likeness (QED) is 0.171. The number of hydrogen-bond acceptors (Lipinski definition) is 10. The van der Waals surface area contributed by atoms with E-state index in [0.29, 0.717) is 0 Å². The molecule has 1 saturated heterocycles. The van der Waals surface area contributed by atoms with Gasteiger partial charge >= 0.3 is 19.8 Å². The van der Waals surface area contributed by atoms with E-state index in [1.807, 2.05) is 5.32 Å². The van der Waals surface area contributed by atoms with Crippen LogP contribution in [0.1, 0.15) is 23.1 Å². The number of anilines is 1. The smallest absolute Gasteiger partial charge is 0.469 e. The second kappa shape index (κ2) is 9.05. The first-order chi connectivity index (χ1) is 13.8. The number of phosphoric ester groups is 1. The Balaban J connectivity index is 2.16. The molecule has 1 aliphatic heterocycles. The number of nitrogens with zero attached hydrogens (tertiary/aromatic N) is 2. The Morgan fingerprint density at radius 3 is 2.47 bits per heavy atom. The molecule has 9 N–H and O–H groups in total. The number of aliphatic hydroxyl groups is 2. The maximum Gasteiger partial charge on any atom is 0.469 e. The fraction of sp³-hybridized carbons (Fsp3) is 0.538. The Morgan fingerprint density at radius 1 is 1.30 bits per heavy atom. The predicted octanol–water partition coefficient (Wildman–Crippen LogP) is -3.15. The molecule has 0 radical (unpaired) electrons. The van der Waals surface area contributed by atoms with E-state index in [9.17, 15) is 29.2 Å². The van der Waals surface area contributed by atoms with Crippen molar-refractivity contribution < 1.29 is 58.4 Å². The van der Waals surface area contributed by atoms with Gasteiger partial charge in [0.05, 0.1) is 19.4 Å². The molecule has 0 spiro atoms. The Kier molecular flexibility index (Phi) is 7.14. The summed E-state index contributed by atoms with van der Waals surface area (Å²) in [5.74, 6) is -4.61. The van der Waals surface area contributed by atoms with E-state index in [2.05, 4.69) is 9.51 Å². The second-order valence-electron chi connectivity index (χ2n) is 6.18. The minimum absolute atomic E-state index is 0.417. The van der Waals surface area contributed by atoms with Crippen molar-refractivity contribution in [3.05, 3.63) is 12.0 Å². The van der Waals surface area contributed by atoms with E-state index in [0.717, 1.165) is 10.9 Å². The van der Waals surface area contributed by atoms with Crippen LogP contribution >= 0.6 is 7.82 Å². The number of aliphatic hydroxyl groups excluding tert-OH is 2. The van der Waals surface area contributed by atoms with Crippen LogP contribution in [0.25, 0.3) is 0 Å². The Morgan fingerprint density at radius 2 is 1.93 bits per heavy atom. The first-order valence-corrected chi connectivity index (χ1v) is 9.64. The summed E-state index contributed by atoms with van der Waals surface area (Å²) in [5.41, 5.74) is 5.27. The molecule has 1 fully saturated rings. The van der Waals surface area contributed by atoms with Crippen LogP contribution in [0.3, 0.4) is 0 Å². The van der Waals surface area contributed by atoms with Gasteiger partial charge in [-0.2, -0.15) is 0 Å². The molecular weight excluding hydrogens is 435 g/mol. The summed E-state index contributed by atoms with van der Waals surface area (Å²) < 4.78 is 21.2. The molecule has 0 aromatic carbocycles. The third-order valence-electron chi connectivity index (χ3n) is 4.05. The lowest BCUT2D eigenvalue weighted by atomic mass is 10.1. The lowest BCUT2D eigenvalue weighted by molar-refractivity contribution is -0.145. The van der Waals surface area contributed by atoms with Crippen LogP contribution in [-0.2, 0) is 23.4 Å². The molecule has 0 aliphatic carbocycles. The van der Waals surface area contributed by atoms with E-state index in [4.69, 9.17) is 30.5 Å². The minimum Gasteiger partial charge on any atom is -0.481 e. The van der Waals surface area contributed by atoms with Crippen LogP contribution in [0, 0.1) is 0 Å². The van der Waals surface area contributed by atoms with Gasteiger partial charge in [0.2, 0.25) is 0 Å². The lowest BCUT2D eigenvalue weighted by Gasteiger charge is -2.18. The van der Waals surface area contributed by atoms with Gasteiger partial charge in [0.25, 0.3) is 5.91 Å². The van der Waals surface area contributed by atoms with E-state index in [-0.39, 0.29) is 0 Å². The number of carboxylic acids is 2. The second-order valence-corrected chi connectivity index (χ2v) is 7.42. The minimum atomic E-state index is -4.87. The van der Waals surface area contributed by atoms with Crippen molar-refractivity contribution in [2.45, 2.75) is 37.0 Å². The third kappa shape index (κ3) is 5.51.